The fourth-order valence-corrected chi connectivity index (χ4v) is 1.86. The highest BCUT2D eigenvalue weighted by molar-refractivity contribution is 5.88. The van der Waals surface area contributed by atoms with E-state index < -0.39 is 11.7 Å². The van der Waals surface area contributed by atoms with Crippen LogP contribution in [0.4, 0.5) is 0 Å². The summed E-state index contributed by atoms with van der Waals surface area (Å²) in [4.78, 5) is 40.9. The highest BCUT2D eigenvalue weighted by Crippen LogP contribution is 2.03. The Morgan fingerprint density at radius 3 is 2.71 bits per heavy atom. The molecule has 110 valence electrons. The second kappa shape index (κ2) is 6.17. The van der Waals surface area contributed by atoms with Gasteiger partial charge in [-0.25, -0.2) is 9.59 Å². The molecular formula is C14H15N3O4. The summed E-state index contributed by atoms with van der Waals surface area (Å²) in [5, 5.41) is 0. The Morgan fingerprint density at radius 2 is 2.14 bits per heavy atom. The number of nitrogens with one attached hydrogen (secondary N) is 1. The lowest BCUT2D eigenvalue weighted by molar-refractivity contribution is 0.0600. The molecule has 0 aliphatic carbocycles. The van der Waals surface area contributed by atoms with Gasteiger partial charge in [0.25, 0.3) is 5.56 Å². The van der Waals surface area contributed by atoms with Crippen molar-refractivity contribution in [3.05, 3.63) is 62.2 Å². The molecule has 0 radical (unpaired) electrons. The Hall–Kier alpha value is -2.70. The molecule has 2 aromatic rings. The Balaban J connectivity index is 2.28. The number of aromatic amines is 1. The maximum atomic E-state index is 11.7. The van der Waals surface area contributed by atoms with Gasteiger partial charge in [-0.1, -0.05) is 6.92 Å². The number of esters is 1. The van der Waals surface area contributed by atoms with Gasteiger partial charge in [-0.05, 0) is 18.6 Å². The number of aryl methyl sites for hydroxylation is 1. The molecule has 2 aromatic heterocycles. The van der Waals surface area contributed by atoms with Crippen molar-refractivity contribution in [3.63, 3.8) is 0 Å². The van der Waals surface area contributed by atoms with Crippen LogP contribution >= 0.6 is 0 Å². The van der Waals surface area contributed by atoms with E-state index in [1.54, 1.807) is 12.1 Å². The number of hydrogen-bond acceptors (Lipinski definition) is 5. The zero-order valence-electron chi connectivity index (χ0n) is 11.8. The molecule has 0 bridgehead atoms. The first-order valence-electron chi connectivity index (χ1n) is 6.41. The van der Waals surface area contributed by atoms with Crippen molar-refractivity contribution in [2.75, 3.05) is 7.11 Å². The molecule has 0 aromatic carbocycles. The lowest BCUT2D eigenvalue weighted by Crippen LogP contribution is -2.32. The molecule has 7 heteroatoms. The molecule has 7 nitrogen and oxygen atoms in total. The van der Waals surface area contributed by atoms with Crippen LogP contribution in [-0.2, 0) is 17.7 Å². The van der Waals surface area contributed by atoms with Crippen LogP contribution in [-0.4, -0.2) is 27.6 Å². The fourth-order valence-electron chi connectivity index (χ4n) is 1.86. The average molecular weight is 289 g/mol. The third kappa shape index (κ3) is 3.25. The minimum absolute atomic E-state index is 0.212. The van der Waals surface area contributed by atoms with Crippen molar-refractivity contribution in [3.8, 4) is 0 Å². The van der Waals surface area contributed by atoms with Crippen LogP contribution in [0, 0.1) is 0 Å². The molecule has 0 spiro atoms. The highest BCUT2D eigenvalue weighted by atomic mass is 16.5. The zero-order valence-corrected chi connectivity index (χ0v) is 11.8. The van der Waals surface area contributed by atoms with Crippen molar-refractivity contribution in [2.24, 2.45) is 0 Å². The number of aromatic nitrogens is 3. The van der Waals surface area contributed by atoms with Gasteiger partial charge in [-0.15, -0.1) is 0 Å². The van der Waals surface area contributed by atoms with Crippen molar-refractivity contribution in [1.29, 1.82) is 0 Å². The first kappa shape index (κ1) is 14.7. The third-order valence-corrected chi connectivity index (χ3v) is 3.04. The van der Waals surface area contributed by atoms with Gasteiger partial charge < -0.3 is 4.74 Å². The lowest BCUT2D eigenvalue weighted by Gasteiger charge is -2.07. The smallest absolute Gasteiger partial charge is 0.339 e. The number of hydrogen-bond donors (Lipinski definition) is 1. The van der Waals surface area contributed by atoms with Gasteiger partial charge in [0.05, 0.1) is 24.9 Å². The van der Waals surface area contributed by atoms with Gasteiger partial charge in [-0.3, -0.25) is 19.3 Å². The summed E-state index contributed by atoms with van der Waals surface area (Å²) < 4.78 is 5.96. The van der Waals surface area contributed by atoms with Gasteiger partial charge in [0.1, 0.15) is 0 Å². The number of rotatable bonds is 4. The van der Waals surface area contributed by atoms with Crippen molar-refractivity contribution in [2.45, 2.75) is 19.9 Å². The number of carbonyl (C=O) groups is 1. The standard InChI is InChI=1S/C14H15N3O4/c1-3-9-7-17(14(20)16-12(9)18)8-11-5-4-10(6-15-11)13(19)21-2/h4-7H,3,8H2,1-2H3,(H,16,18,20). The lowest BCUT2D eigenvalue weighted by atomic mass is 10.2. The second-order valence-corrected chi connectivity index (χ2v) is 4.42. The molecule has 0 aliphatic heterocycles. The molecule has 0 saturated heterocycles. The summed E-state index contributed by atoms with van der Waals surface area (Å²) in [5.74, 6) is -0.469. The number of H-pyrrole nitrogens is 1. The highest BCUT2D eigenvalue weighted by Gasteiger charge is 2.07. The van der Waals surface area contributed by atoms with Crippen molar-refractivity contribution >= 4 is 5.97 Å². The molecule has 0 amide bonds. The van der Waals surface area contributed by atoms with Crippen LogP contribution in [0.5, 0.6) is 0 Å². The van der Waals surface area contributed by atoms with Gasteiger partial charge in [0.2, 0.25) is 0 Å². The Labute approximate surface area is 120 Å². The molecule has 0 saturated carbocycles. The normalized spacial score (nSPS) is 10.4. The topological polar surface area (TPSA) is 94.1 Å². The maximum Gasteiger partial charge on any atom is 0.339 e. The molecule has 0 fully saturated rings. The van der Waals surface area contributed by atoms with Crippen LogP contribution in [0.25, 0.3) is 0 Å². The number of carbonyl (C=O) groups excluding carboxylic acids is 1. The first-order valence-corrected chi connectivity index (χ1v) is 6.41. The summed E-state index contributed by atoms with van der Waals surface area (Å²) >= 11 is 0. The van der Waals surface area contributed by atoms with E-state index in [-0.39, 0.29) is 12.1 Å². The van der Waals surface area contributed by atoms with Crippen molar-refractivity contribution < 1.29 is 9.53 Å². The molecular weight excluding hydrogens is 274 g/mol. The maximum absolute atomic E-state index is 11.7. The second-order valence-electron chi connectivity index (χ2n) is 4.42. The molecule has 2 rings (SSSR count). The molecule has 1 N–H and O–H groups in total. The van der Waals surface area contributed by atoms with E-state index in [1.165, 1.54) is 24.1 Å². The van der Waals surface area contributed by atoms with Crippen LogP contribution < -0.4 is 11.2 Å². The first-order chi connectivity index (χ1) is 10.0. The van der Waals surface area contributed by atoms with Crippen LogP contribution in [0.1, 0.15) is 28.5 Å². The average Bonchev–Trinajstić information content (AvgIpc) is 2.50. The van der Waals surface area contributed by atoms with E-state index in [9.17, 15) is 14.4 Å². The Morgan fingerprint density at radius 1 is 1.38 bits per heavy atom. The van der Waals surface area contributed by atoms with Crippen LogP contribution in [0.15, 0.2) is 34.1 Å². The minimum atomic E-state index is -0.490. The van der Waals surface area contributed by atoms with Gasteiger partial charge >= 0.3 is 11.7 Å². The Kier molecular flexibility index (Phi) is 4.32. The molecule has 0 unspecified atom stereocenters. The predicted octanol–water partition coefficient (Wildman–Crippen LogP) is 0.329. The SMILES string of the molecule is CCc1cn(Cc2ccc(C(=O)OC)cn2)c(=O)[nH]c1=O. The summed E-state index contributed by atoms with van der Waals surface area (Å²) in [6, 6.07) is 3.21. The number of ether oxygens (including phenoxy) is 1. The van der Waals surface area contributed by atoms with Crippen LogP contribution in [0.2, 0.25) is 0 Å². The monoisotopic (exact) mass is 289 g/mol. The van der Waals surface area contributed by atoms with Crippen molar-refractivity contribution in [1.82, 2.24) is 14.5 Å². The molecule has 2 heterocycles. The largest absolute Gasteiger partial charge is 0.465 e. The van der Waals surface area contributed by atoms with E-state index in [2.05, 4.69) is 14.7 Å². The molecule has 0 atom stereocenters. The van der Waals surface area contributed by atoms with E-state index in [0.29, 0.717) is 23.2 Å². The minimum Gasteiger partial charge on any atom is -0.465 e. The Bertz CT molecular complexity index is 759. The van der Waals surface area contributed by atoms with Gasteiger partial charge in [0, 0.05) is 18.0 Å². The predicted molar refractivity (Wildman–Crippen MR) is 75.4 cm³/mol. The summed E-state index contributed by atoms with van der Waals surface area (Å²) in [6.45, 7) is 2.05. The number of pyridine rings is 1. The van der Waals surface area contributed by atoms with E-state index >= 15 is 0 Å². The van der Waals surface area contributed by atoms with Gasteiger partial charge in [-0.2, -0.15) is 0 Å². The molecule has 0 aliphatic rings. The van der Waals surface area contributed by atoms with E-state index in [1.807, 2.05) is 6.92 Å². The van der Waals surface area contributed by atoms with Gasteiger partial charge in [0.15, 0.2) is 0 Å². The van der Waals surface area contributed by atoms with E-state index in [4.69, 9.17) is 0 Å². The summed E-state index contributed by atoms with van der Waals surface area (Å²) in [5.41, 5.74) is 0.604. The van der Waals surface area contributed by atoms with E-state index in [0.717, 1.165) is 0 Å². The molecule has 21 heavy (non-hydrogen) atoms. The third-order valence-electron chi connectivity index (χ3n) is 3.04. The zero-order chi connectivity index (χ0) is 15.4. The fraction of sp³-hybridized carbons (Fsp3) is 0.286. The number of nitrogens with zero attached hydrogens (tertiary/aromatic N) is 2. The summed E-state index contributed by atoms with van der Waals surface area (Å²) in [6.07, 6.45) is 3.44. The van der Waals surface area contributed by atoms with Crippen LogP contribution in [0.3, 0.4) is 0 Å². The quantitative estimate of drug-likeness (QED) is 0.818. The summed E-state index contributed by atoms with van der Waals surface area (Å²) in [7, 11) is 1.29. The number of methoxy groups -OCH3 is 1.